The van der Waals surface area contributed by atoms with Gasteiger partial charge in [0.15, 0.2) is 0 Å². The second kappa shape index (κ2) is 7.50. The van der Waals surface area contributed by atoms with Gasteiger partial charge in [0, 0.05) is 18.9 Å². The maximum atomic E-state index is 12.6. The van der Waals surface area contributed by atoms with E-state index in [1.165, 1.54) is 0 Å². The van der Waals surface area contributed by atoms with E-state index in [1.807, 2.05) is 12.1 Å². The van der Waals surface area contributed by atoms with Gasteiger partial charge in [-0.2, -0.15) is 0 Å². The fourth-order valence-electron chi connectivity index (χ4n) is 2.96. The number of aromatic nitrogens is 1. The van der Waals surface area contributed by atoms with E-state index in [0.717, 1.165) is 50.5 Å². The van der Waals surface area contributed by atoms with Crippen LogP contribution in [0.2, 0.25) is 0 Å². The van der Waals surface area contributed by atoms with E-state index in [-0.39, 0.29) is 5.91 Å². The Labute approximate surface area is 131 Å². The van der Waals surface area contributed by atoms with Crippen molar-refractivity contribution in [2.24, 2.45) is 11.1 Å². The lowest BCUT2D eigenvalue weighted by atomic mass is 9.79. The molecule has 0 radical (unpaired) electrons. The van der Waals surface area contributed by atoms with Gasteiger partial charge in [-0.3, -0.25) is 9.78 Å². The molecule has 21 heavy (non-hydrogen) atoms. The molecular formula is C16H23N3OS. The van der Waals surface area contributed by atoms with Crippen LogP contribution in [0.5, 0.6) is 0 Å². The van der Waals surface area contributed by atoms with Crippen molar-refractivity contribution in [3.63, 3.8) is 0 Å². The van der Waals surface area contributed by atoms with E-state index in [0.29, 0.717) is 11.5 Å². The molecule has 0 bridgehead atoms. The van der Waals surface area contributed by atoms with Gasteiger partial charge in [0.25, 0.3) is 0 Å². The number of carbonyl (C=O) groups excluding carboxylic acids is 1. The second-order valence-electron chi connectivity index (χ2n) is 5.72. The Morgan fingerprint density at radius 1 is 1.24 bits per heavy atom. The van der Waals surface area contributed by atoms with Gasteiger partial charge in [0.2, 0.25) is 5.91 Å². The van der Waals surface area contributed by atoms with Gasteiger partial charge in [-0.25, -0.2) is 0 Å². The van der Waals surface area contributed by atoms with Crippen molar-refractivity contribution in [1.29, 1.82) is 0 Å². The highest BCUT2D eigenvalue weighted by Crippen LogP contribution is 2.35. The summed E-state index contributed by atoms with van der Waals surface area (Å²) in [6, 6.07) is 3.92. The predicted octanol–water partition coefficient (Wildman–Crippen LogP) is 2.37. The molecule has 114 valence electrons. The van der Waals surface area contributed by atoms with Crippen molar-refractivity contribution < 1.29 is 4.79 Å². The van der Waals surface area contributed by atoms with Gasteiger partial charge in [0.1, 0.15) is 0 Å². The number of nitrogens with one attached hydrogen (secondary N) is 1. The average Bonchev–Trinajstić information content (AvgIpc) is 2.75. The van der Waals surface area contributed by atoms with Crippen LogP contribution in [0.3, 0.4) is 0 Å². The average molecular weight is 305 g/mol. The highest BCUT2D eigenvalue weighted by Gasteiger charge is 2.41. The number of rotatable bonds is 5. The van der Waals surface area contributed by atoms with E-state index in [1.54, 1.807) is 12.4 Å². The number of thiocarbonyl (C=S) groups is 1. The molecule has 4 nitrogen and oxygen atoms in total. The molecule has 1 saturated carbocycles. The molecule has 0 unspecified atom stereocenters. The topological polar surface area (TPSA) is 68.0 Å². The van der Waals surface area contributed by atoms with E-state index in [4.69, 9.17) is 18.0 Å². The van der Waals surface area contributed by atoms with Crippen LogP contribution >= 0.6 is 12.2 Å². The van der Waals surface area contributed by atoms with Gasteiger partial charge < -0.3 is 11.1 Å². The lowest BCUT2D eigenvalue weighted by molar-refractivity contribution is -0.128. The number of nitrogens with two attached hydrogens (primary N) is 1. The second-order valence-corrected chi connectivity index (χ2v) is 6.16. The fourth-order valence-corrected chi connectivity index (χ4v) is 3.25. The Kier molecular flexibility index (Phi) is 5.67. The van der Waals surface area contributed by atoms with Gasteiger partial charge in [0.05, 0.1) is 10.4 Å². The molecule has 1 aromatic rings. The summed E-state index contributed by atoms with van der Waals surface area (Å²) in [5.41, 5.74) is 6.45. The highest BCUT2D eigenvalue weighted by molar-refractivity contribution is 7.80. The van der Waals surface area contributed by atoms with Gasteiger partial charge in [-0.15, -0.1) is 0 Å². The molecule has 1 heterocycles. The monoisotopic (exact) mass is 305 g/mol. The zero-order valence-electron chi connectivity index (χ0n) is 12.3. The zero-order valence-corrected chi connectivity index (χ0v) is 13.1. The number of hydrogen-bond acceptors (Lipinski definition) is 3. The molecule has 1 aromatic heterocycles. The third kappa shape index (κ3) is 4.00. The molecule has 1 aliphatic carbocycles. The molecule has 0 spiro atoms. The molecule has 1 fully saturated rings. The van der Waals surface area contributed by atoms with Crippen molar-refractivity contribution in [1.82, 2.24) is 10.3 Å². The molecular weight excluding hydrogens is 282 g/mol. The molecule has 5 heteroatoms. The Balaban J connectivity index is 1.94. The van der Waals surface area contributed by atoms with Crippen molar-refractivity contribution in [2.75, 3.05) is 6.54 Å². The number of hydrogen-bond donors (Lipinski definition) is 2. The minimum absolute atomic E-state index is 0.00551. The van der Waals surface area contributed by atoms with Crippen LogP contribution in [0.1, 0.15) is 44.1 Å². The summed E-state index contributed by atoms with van der Waals surface area (Å²) in [6.45, 7) is 0.604. The summed E-state index contributed by atoms with van der Waals surface area (Å²) < 4.78 is 0. The van der Waals surface area contributed by atoms with Crippen molar-refractivity contribution >= 4 is 23.1 Å². The number of nitrogens with zero attached hydrogens (tertiary/aromatic N) is 1. The first-order chi connectivity index (χ1) is 10.1. The number of amides is 1. The minimum atomic E-state index is -0.635. The first-order valence-corrected chi connectivity index (χ1v) is 8.03. The maximum Gasteiger partial charge on any atom is 0.233 e. The smallest absolute Gasteiger partial charge is 0.233 e. The van der Waals surface area contributed by atoms with Crippen LogP contribution in [-0.4, -0.2) is 22.4 Å². The van der Waals surface area contributed by atoms with E-state index in [2.05, 4.69) is 10.3 Å². The molecule has 0 aromatic carbocycles. The van der Waals surface area contributed by atoms with E-state index in [9.17, 15) is 4.79 Å². The standard InChI is InChI=1S/C16H23N3OS/c17-14(21)16(8-3-1-2-4-9-16)15(20)19-12-7-13-5-10-18-11-6-13/h5-6,10-11H,1-4,7-9,12H2,(H2,17,21)(H,19,20). The van der Waals surface area contributed by atoms with Crippen molar-refractivity contribution in [2.45, 2.75) is 44.9 Å². The molecule has 0 atom stereocenters. The zero-order chi connectivity index (χ0) is 15.1. The summed E-state index contributed by atoms with van der Waals surface area (Å²) in [5.74, 6) is 0.00551. The highest BCUT2D eigenvalue weighted by atomic mass is 32.1. The van der Waals surface area contributed by atoms with Gasteiger partial charge >= 0.3 is 0 Å². The lowest BCUT2D eigenvalue weighted by Crippen LogP contribution is -2.49. The summed E-state index contributed by atoms with van der Waals surface area (Å²) in [5, 5.41) is 3.02. The Morgan fingerprint density at radius 3 is 2.43 bits per heavy atom. The molecule has 2 rings (SSSR count). The Hall–Kier alpha value is -1.49. The first kappa shape index (κ1) is 15.9. The van der Waals surface area contributed by atoms with Crippen LogP contribution in [0.15, 0.2) is 24.5 Å². The molecule has 1 amide bonds. The quantitative estimate of drug-likeness (QED) is 0.647. The molecule has 1 aliphatic rings. The number of pyridine rings is 1. The number of carbonyl (C=O) groups is 1. The van der Waals surface area contributed by atoms with Crippen LogP contribution in [0.25, 0.3) is 0 Å². The summed E-state index contributed by atoms with van der Waals surface area (Å²) in [7, 11) is 0. The summed E-state index contributed by atoms with van der Waals surface area (Å²) >= 11 is 5.22. The van der Waals surface area contributed by atoms with Gasteiger partial charge in [-0.1, -0.05) is 37.9 Å². The predicted molar refractivity (Wildman–Crippen MR) is 87.9 cm³/mol. The van der Waals surface area contributed by atoms with E-state index >= 15 is 0 Å². The molecule has 0 saturated heterocycles. The van der Waals surface area contributed by atoms with Crippen molar-refractivity contribution in [3.05, 3.63) is 30.1 Å². The van der Waals surface area contributed by atoms with Crippen LogP contribution in [0, 0.1) is 5.41 Å². The molecule has 3 N–H and O–H groups in total. The minimum Gasteiger partial charge on any atom is -0.392 e. The maximum absolute atomic E-state index is 12.6. The fraction of sp³-hybridized carbons (Fsp3) is 0.562. The van der Waals surface area contributed by atoms with Crippen LogP contribution in [-0.2, 0) is 11.2 Å². The third-order valence-electron chi connectivity index (χ3n) is 4.31. The lowest BCUT2D eigenvalue weighted by Gasteiger charge is -2.30. The summed E-state index contributed by atoms with van der Waals surface area (Å²) in [6.07, 6.45) is 10.2. The van der Waals surface area contributed by atoms with Crippen molar-refractivity contribution in [3.8, 4) is 0 Å². The molecule has 0 aliphatic heterocycles. The largest absolute Gasteiger partial charge is 0.392 e. The van der Waals surface area contributed by atoms with Crippen LogP contribution in [0.4, 0.5) is 0 Å². The first-order valence-electron chi connectivity index (χ1n) is 7.62. The Morgan fingerprint density at radius 2 is 1.86 bits per heavy atom. The van der Waals surface area contributed by atoms with E-state index < -0.39 is 5.41 Å². The third-order valence-corrected chi connectivity index (χ3v) is 4.70. The van der Waals surface area contributed by atoms with Crippen LogP contribution < -0.4 is 11.1 Å². The normalized spacial score (nSPS) is 17.7. The Bertz CT molecular complexity index is 482. The summed E-state index contributed by atoms with van der Waals surface area (Å²) in [4.78, 5) is 17.0. The van der Waals surface area contributed by atoms with Gasteiger partial charge in [-0.05, 0) is 37.0 Å². The SMILES string of the molecule is NC(=S)C1(C(=O)NCCc2ccncc2)CCCCCC1.